The Morgan fingerprint density at radius 2 is 2.12 bits per heavy atom. The molecule has 0 saturated heterocycles. The molecule has 0 aliphatic rings. The molecule has 0 aromatic carbocycles. The van der Waals surface area contributed by atoms with E-state index < -0.39 is 0 Å². The molecule has 1 aromatic heterocycles. The molecular weight excluding hydrogens is 200 g/mol. The first-order valence-electron chi connectivity index (χ1n) is 5.95. The van der Waals surface area contributed by atoms with Gasteiger partial charge in [-0.05, 0) is 31.0 Å². The molecule has 0 radical (unpaired) electrons. The smallest absolute Gasteiger partial charge is 0.213 e. The molecule has 0 fully saturated rings. The van der Waals surface area contributed by atoms with E-state index in [1.54, 1.807) is 0 Å². The third-order valence-corrected chi connectivity index (χ3v) is 2.31. The van der Waals surface area contributed by atoms with Crippen molar-refractivity contribution in [1.82, 2.24) is 10.3 Å². The molecule has 1 heterocycles. The van der Waals surface area contributed by atoms with Crippen LogP contribution in [0.2, 0.25) is 0 Å². The zero-order chi connectivity index (χ0) is 12.0. The maximum absolute atomic E-state index is 5.59. The van der Waals surface area contributed by atoms with Gasteiger partial charge in [0.25, 0.3) is 0 Å². The Kier molecular flexibility index (Phi) is 5.26. The van der Waals surface area contributed by atoms with E-state index in [0.29, 0.717) is 5.92 Å². The van der Waals surface area contributed by atoms with E-state index in [-0.39, 0.29) is 0 Å². The van der Waals surface area contributed by atoms with Gasteiger partial charge >= 0.3 is 0 Å². The molecule has 0 unspecified atom stereocenters. The van der Waals surface area contributed by atoms with Gasteiger partial charge in [0, 0.05) is 18.3 Å². The quantitative estimate of drug-likeness (QED) is 0.803. The van der Waals surface area contributed by atoms with Crippen LogP contribution in [-0.4, -0.2) is 18.6 Å². The number of aromatic nitrogens is 1. The van der Waals surface area contributed by atoms with E-state index in [2.05, 4.69) is 37.1 Å². The maximum atomic E-state index is 5.59. The fourth-order valence-corrected chi connectivity index (χ4v) is 1.46. The first-order valence-corrected chi connectivity index (χ1v) is 5.95. The molecule has 0 bridgehead atoms. The third kappa shape index (κ3) is 3.81. The Morgan fingerprint density at radius 1 is 1.38 bits per heavy atom. The molecule has 3 heteroatoms. The Balaban J connectivity index is 2.89. The van der Waals surface area contributed by atoms with Crippen LogP contribution in [0.25, 0.3) is 0 Å². The van der Waals surface area contributed by atoms with Gasteiger partial charge in [-0.2, -0.15) is 0 Å². The van der Waals surface area contributed by atoms with E-state index in [4.69, 9.17) is 4.74 Å². The Labute approximate surface area is 98.2 Å². The highest BCUT2D eigenvalue weighted by atomic mass is 16.5. The van der Waals surface area contributed by atoms with Gasteiger partial charge in [0.15, 0.2) is 0 Å². The summed E-state index contributed by atoms with van der Waals surface area (Å²) in [5, 5.41) is 3.15. The fourth-order valence-electron chi connectivity index (χ4n) is 1.46. The standard InChI is InChI=1S/C13H22N2O/c1-5-6-16-13-8-11(9-14-4)7-12(15-13)10(2)3/h7-8,10,14H,5-6,9H2,1-4H3. The van der Waals surface area contributed by atoms with E-state index in [1.165, 1.54) is 5.56 Å². The molecule has 1 rings (SSSR count). The van der Waals surface area contributed by atoms with Crippen LogP contribution in [0.3, 0.4) is 0 Å². The van der Waals surface area contributed by atoms with Crippen LogP contribution in [-0.2, 0) is 6.54 Å². The lowest BCUT2D eigenvalue weighted by Crippen LogP contribution is -2.08. The van der Waals surface area contributed by atoms with E-state index in [1.807, 2.05) is 13.1 Å². The predicted octanol–water partition coefficient (Wildman–Crippen LogP) is 2.71. The highest BCUT2D eigenvalue weighted by Crippen LogP contribution is 2.19. The first-order chi connectivity index (χ1) is 7.67. The van der Waals surface area contributed by atoms with Crippen molar-refractivity contribution in [2.75, 3.05) is 13.7 Å². The number of rotatable bonds is 6. The van der Waals surface area contributed by atoms with Gasteiger partial charge in [-0.15, -0.1) is 0 Å². The van der Waals surface area contributed by atoms with Gasteiger partial charge < -0.3 is 10.1 Å². The Bertz CT molecular complexity index is 324. The number of ether oxygens (including phenoxy) is 1. The third-order valence-electron chi connectivity index (χ3n) is 2.31. The van der Waals surface area contributed by atoms with E-state index in [0.717, 1.165) is 31.1 Å². The lowest BCUT2D eigenvalue weighted by Gasteiger charge is -2.11. The summed E-state index contributed by atoms with van der Waals surface area (Å²) in [6, 6.07) is 4.15. The van der Waals surface area contributed by atoms with E-state index >= 15 is 0 Å². The van der Waals surface area contributed by atoms with Crippen LogP contribution < -0.4 is 10.1 Å². The minimum Gasteiger partial charge on any atom is -0.478 e. The number of nitrogens with zero attached hydrogens (tertiary/aromatic N) is 1. The van der Waals surface area contributed by atoms with Crippen molar-refractivity contribution in [1.29, 1.82) is 0 Å². The number of nitrogens with one attached hydrogen (secondary N) is 1. The second-order valence-electron chi connectivity index (χ2n) is 4.27. The van der Waals surface area contributed by atoms with Crippen molar-refractivity contribution in [3.8, 4) is 5.88 Å². The van der Waals surface area contributed by atoms with Gasteiger partial charge in [0.2, 0.25) is 5.88 Å². The molecular formula is C13H22N2O. The molecule has 0 aliphatic heterocycles. The lowest BCUT2D eigenvalue weighted by atomic mass is 10.1. The van der Waals surface area contributed by atoms with Crippen molar-refractivity contribution in [2.24, 2.45) is 0 Å². The first kappa shape index (κ1) is 13.0. The summed E-state index contributed by atoms with van der Waals surface area (Å²) in [7, 11) is 1.95. The Morgan fingerprint density at radius 3 is 2.69 bits per heavy atom. The predicted molar refractivity (Wildman–Crippen MR) is 66.9 cm³/mol. The Hall–Kier alpha value is -1.09. The molecule has 0 saturated carbocycles. The molecule has 0 aliphatic carbocycles. The number of hydrogen-bond acceptors (Lipinski definition) is 3. The zero-order valence-corrected chi connectivity index (χ0v) is 10.7. The van der Waals surface area contributed by atoms with Gasteiger partial charge in [0.05, 0.1) is 6.61 Å². The van der Waals surface area contributed by atoms with Crippen LogP contribution in [0.5, 0.6) is 5.88 Å². The summed E-state index contributed by atoms with van der Waals surface area (Å²) in [5.41, 5.74) is 2.33. The normalized spacial score (nSPS) is 10.8. The zero-order valence-electron chi connectivity index (χ0n) is 10.7. The minimum absolute atomic E-state index is 0.431. The maximum Gasteiger partial charge on any atom is 0.213 e. The molecule has 1 aromatic rings. The second-order valence-corrected chi connectivity index (χ2v) is 4.27. The number of hydrogen-bond donors (Lipinski definition) is 1. The fraction of sp³-hybridized carbons (Fsp3) is 0.615. The summed E-state index contributed by atoms with van der Waals surface area (Å²) in [4.78, 5) is 4.50. The average Bonchev–Trinajstić information content (AvgIpc) is 2.26. The monoisotopic (exact) mass is 222 g/mol. The van der Waals surface area contributed by atoms with Crippen LogP contribution in [0.4, 0.5) is 0 Å². The minimum atomic E-state index is 0.431. The van der Waals surface area contributed by atoms with Gasteiger partial charge in [0.1, 0.15) is 0 Å². The molecule has 0 amide bonds. The second kappa shape index (κ2) is 6.48. The van der Waals surface area contributed by atoms with Gasteiger partial charge in [-0.3, -0.25) is 0 Å². The highest BCUT2D eigenvalue weighted by molar-refractivity contribution is 5.26. The summed E-state index contributed by atoms with van der Waals surface area (Å²) < 4.78 is 5.59. The largest absolute Gasteiger partial charge is 0.478 e. The summed E-state index contributed by atoms with van der Waals surface area (Å²) in [6.45, 7) is 7.98. The molecule has 3 nitrogen and oxygen atoms in total. The number of pyridine rings is 1. The van der Waals surface area contributed by atoms with Crippen molar-refractivity contribution in [3.05, 3.63) is 23.4 Å². The summed E-state index contributed by atoms with van der Waals surface area (Å²) in [5.74, 6) is 1.18. The average molecular weight is 222 g/mol. The van der Waals surface area contributed by atoms with Crippen molar-refractivity contribution in [3.63, 3.8) is 0 Å². The van der Waals surface area contributed by atoms with Crippen LogP contribution in [0, 0.1) is 0 Å². The lowest BCUT2D eigenvalue weighted by molar-refractivity contribution is 0.303. The molecule has 90 valence electrons. The van der Waals surface area contributed by atoms with Crippen molar-refractivity contribution in [2.45, 2.75) is 39.7 Å². The SMILES string of the molecule is CCCOc1cc(CNC)cc(C(C)C)n1. The van der Waals surface area contributed by atoms with Crippen LogP contribution >= 0.6 is 0 Å². The van der Waals surface area contributed by atoms with Gasteiger partial charge in [-0.25, -0.2) is 4.98 Å². The van der Waals surface area contributed by atoms with E-state index in [9.17, 15) is 0 Å². The summed E-state index contributed by atoms with van der Waals surface area (Å²) >= 11 is 0. The molecule has 16 heavy (non-hydrogen) atoms. The van der Waals surface area contributed by atoms with Crippen molar-refractivity contribution >= 4 is 0 Å². The van der Waals surface area contributed by atoms with Crippen LogP contribution in [0.15, 0.2) is 12.1 Å². The van der Waals surface area contributed by atoms with Gasteiger partial charge in [-0.1, -0.05) is 20.8 Å². The topological polar surface area (TPSA) is 34.1 Å². The molecule has 0 spiro atoms. The molecule has 0 atom stereocenters. The summed E-state index contributed by atoms with van der Waals surface area (Å²) in [6.07, 6.45) is 1.01. The highest BCUT2D eigenvalue weighted by Gasteiger charge is 2.06. The van der Waals surface area contributed by atoms with Crippen LogP contribution in [0.1, 0.15) is 44.4 Å². The molecule has 1 N–H and O–H groups in total. The van der Waals surface area contributed by atoms with Crippen molar-refractivity contribution < 1.29 is 4.74 Å².